The summed E-state index contributed by atoms with van der Waals surface area (Å²) in [5.74, 6) is -1.03. The molecule has 6 nitrogen and oxygen atoms in total. The number of carbonyl (C=O) groups is 1. The van der Waals surface area contributed by atoms with Crippen molar-refractivity contribution in [3.8, 4) is 0 Å². The molecule has 0 aromatic heterocycles. The van der Waals surface area contributed by atoms with E-state index in [-0.39, 0.29) is 0 Å². The maximum Gasteiger partial charge on any atom is 0.322 e. The topological polar surface area (TPSA) is 84.5 Å². The Balaban J connectivity index is 2.32. The predicted octanol–water partition coefficient (Wildman–Crippen LogP) is -1.31. The minimum atomic E-state index is -3.53. The van der Waals surface area contributed by atoms with Gasteiger partial charge in [0.1, 0.15) is 0 Å². The second-order valence-corrected chi connectivity index (χ2v) is 5.35. The molecule has 1 heterocycles. The van der Waals surface area contributed by atoms with Crippen LogP contribution < -0.4 is 10.0 Å². The summed E-state index contributed by atoms with van der Waals surface area (Å²) in [7, 11) is -2.37. The number of methoxy groups -OCH3 is 1. The molecular weight excluding hydrogens is 220 g/mol. The van der Waals surface area contributed by atoms with Gasteiger partial charge < -0.3 is 10.1 Å². The Bertz CT molecular complexity index is 309. The maximum absolute atomic E-state index is 11.3. The van der Waals surface area contributed by atoms with Gasteiger partial charge in [-0.1, -0.05) is 0 Å². The first-order valence-electron chi connectivity index (χ1n) is 4.78. The van der Waals surface area contributed by atoms with E-state index in [2.05, 4.69) is 14.8 Å². The maximum atomic E-state index is 11.3. The van der Waals surface area contributed by atoms with E-state index >= 15 is 0 Å². The first-order chi connectivity index (χ1) is 7.03. The van der Waals surface area contributed by atoms with Crippen molar-refractivity contribution >= 4 is 16.0 Å². The Hall–Kier alpha value is -0.660. The molecule has 0 aliphatic carbocycles. The summed E-state index contributed by atoms with van der Waals surface area (Å²) >= 11 is 0. The Morgan fingerprint density at radius 2 is 2.33 bits per heavy atom. The molecule has 7 heteroatoms. The largest absolute Gasteiger partial charge is 0.468 e. The molecule has 0 radical (unpaired) electrons. The van der Waals surface area contributed by atoms with Gasteiger partial charge in [0.25, 0.3) is 0 Å². The second-order valence-electron chi connectivity index (χ2n) is 3.54. The predicted molar refractivity (Wildman–Crippen MR) is 54.8 cm³/mol. The van der Waals surface area contributed by atoms with Crippen LogP contribution in [-0.4, -0.2) is 46.9 Å². The molecule has 1 rings (SSSR count). The van der Waals surface area contributed by atoms with Gasteiger partial charge in [0.05, 0.1) is 7.11 Å². The van der Waals surface area contributed by atoms with Crippen LogP contribution in [0.2, 0.25) is 0 Å². The zero-order chi connectivity index (χ0) is 11.3. The van der Waals surface area contributed by atoms with Crippen LogP contribution in [0.3, 0.4) is 0 Å². The summed E-state index contributed by atoms with van der Waals surface area (Å²) < 4.78 is 29.3. The van der Waals surface area contributed by atoms with E-state index in [1.165, 1.54) is 7.11 Å². The molecule has 1 aliphatic rings. The van der Waals surface area contributed by atoms with Gasteiger partial charge in [-0.25, -0.2) is 13.1 Å². The average molecular weight is 236 g/mol. The van der Waals surface area contributed by atoms with Crippen molar-refractivity contribution in [3.63, 3.8) is 0 Å². The fraction of sp³-hybridized carbons (Fsp3) is 0.875. The number of ether oxygens (including phenoxy) is 1. The van der Waals surface area contributed by atoms with Crippen LogP contribution in [0.5, 0.6) is 0 Å². The highest BCUT2D eigenvalue weighted by molar-refractivity contribution is 7.90. The zero-order valence-electron chi connectivity index (χ0n) is 8.65. The lowest BCUT2D eigenvalue weighted by Crippen LogP contribution is -2.34. The van der Waals surface area contributed by atoms with Crippen LogP contribution in [0.1, 0.15) is 6.42 Å². The smallest absolute Gasteiger partial charge is 0.322 e. The molecule has 1 atom stereocenters. The molecule has 0 aromatic carbocycles. The molecule has 15 heavy (non-hydrogen) atoms. The summed E-state index contributed by atoms with van der Waals surface area (Å²) in [4.78, 5) is 10.8. The highest BCUT2D eigenvalue weighted by Crippen LogP contribution is 2.05. The number of hydrogen-bond acceptors (Lipinski definition) is 5. The molecule has 0 bridgehead atoms. The summed E-state index contributed by atoms with van der Waals surface area (Å²) in [6.45, 7) is 2.12. The van der Waals surface area contributed by atoms with Crippen LogP contribution in [0.25, 0.3) is 0 Å². The lowest BCUT2D eigenvalue weighted by molar-refractivity contribution is -0.137. The molecule has 0 amide bonds. The third-order valence-electron chi connectivity index (χ3n) is 2.29. The number of nitrogens with one attached hydrogen (secondary N) is 2. The van der Waals surface area contributed by atoms with Crippen LogP contribution in [0.4, 0.5) is 0 Å². The Kier molecular flexibility index (Phi) is 4.49. The van der Waals surface area contributed by atoms with E-state index in [1.54, 1.807) is 0 Å². The van der Waals surface area contributed by atoms with Crippen LogP contribution in [0, 0.1) is 5.92 Å². The third kappa shape index (κ3) is 4.59. The van der Waals surface area contributed by atoms with Gasteiger partial charge in [0.15, 0.2) is 5.75 Å². The van der Waals surface area contributed by atoms with Crippen molar-refractivity contribution in [2.24, 2.45) is 5.92 Å². The van der Waals surface area contributed by atoms with Crippen molar-refractivity contribution < 1.29 is 17.9 Å². The highest BCUT2D eigenvalue weighted by atomic mass is 32.2. The molecular formula is C8H16N2O4S. The van der Waals surface area contributed by atoms with Crippen LogP contribution >= 0.6 is 0 Å². The molecule has 1 unspecified atom stereocenters. The number of hydrogen-bond donors (Lipinski definition) is 2. The number of esters is 1. The summed E-state index contributed by atoms with van der Waals surface area (Å²) in [5.41, 5.74) is 0. The molecule has 0 saturated carbocycles. The molecule has 1 aliphatic heterocycles. The van der Waals surface area contributed by atoms with Gasteiger partial charge in [-0.15, -0.1) is 0 Å². The van der Waals surface area contributed by atoms with Crippen molar-refractivity contribution in [1.82, 2.24) is 10.0 Å². The molecule has 0 spiro atoms. The first-order valence-corrected chi connectivity index (χ1v) is 6.43. The Labute approximate surface area is 89.4 Å². The SMILES string of the molecule is COC(=O)CS(=O)(=O)NCC1CCNC1. The van der Waals surface area contributed by atoms with Gasteiger partial charge in [-0.3, -0.25) is 4.79 Å². The van der Waals surface area contributed by atoms with E-state index in [0.717, 1.165) is 19.5 Å². The van der Waals surface area contributed by atoms with Crippen molar-refractivity contribution in [2.45, 2.75) is 6.42 Å². The molecule has 1 saturated heterocycles. The average Bonchev–Trinajstić information content (AvgIpc) is 2.66. The van der Waals surface area contributed by atoms with Gasteiger partial charge in [0.2, 0.25) is 10.0 Å². The van der Waals surface area contributed by atoms with Crippen LogP contribution in [-0.2, 0) is 19.6 Å². The quantitative estimate of drug-likeness (QED) is 0.579. The van der Waals surface area contributed by atoms with Crippen LogP contribution in [0.15, 0.2) is 0 Å². The zero-order valence-corrected chi connectivity index (χ0v) is 9.47. The Morgan fingerprint density at radius 1 is 1.60 bits per heavy atom. The standard InChI is InChI=1S/C8H16N2O4S/c1-14-8(11)6-15(12,13)10-5-7-2-3-9-4-7/h7,9-10H,2-6H2,1H3. The monoisotopic (exact) mass is 236 g/mol. The molecule has 1 fully saturated rings. The minimum Gasteiger partial charge on any atom is -0.468 e. The van der Waals surface area contributed by atoms with Crippen molar-refractivity contribution in [1.29, 1.82) is 0 Å². The number of carbonyl (C=O) groups excluding carboxylic acids is 1. The molecule has 88 valence electrons. The van der Waals surface area contributed by atoms with Gasteiger partial charge in [0, 0.05) is 6.54 Å². The van der Waals surface area contributed by atoms with Crippen molar-refractivity contribution in [3.05, 3.63) is 0 Å². The van der Waals surface area contributed by atoms with Gasteiger partial charge in [-0.2, -0.15) is 0 Å². The molecule has 2 N–H and O–H groups in total. The Morgan fingerprint density at radius 3 is 2.87 bits per heavy atom. The summed E-state index contributed by atoms with van der Waals surface area (Å²) in [6, 6.07) is 0. The van der Waals surface area contributed by atoms with E-state index < -0.39 is 21.7 Å². The van der Waals surface area contributed by atoms with E-state index in [9.17, 15) is 13.2 Å². The van der Waals surface area contributed by atoms with E-state index in [1.807, 2.05) is 0 Å². The van der Waals surface area contributed by atoms with Crippen molar-refractivity contribution in [2.75, 3.05) is 32.5 Å². The number of sulfonamides is 1. The molecule has 0 aromatic rings. The minimum absolute atomic E-state index is 0.317. The lowest BCUT2D eigenvalue weighted by Gasteiger charge is -2.09. The highest BCUT2D eigenvalue weighted by Gasteiger charge is 2.20. The van der Waals surface area contributed by atoms with E-state index in [0.29, 0.717) is 12.5 Å². The number of rotatable bonds is 5. The summed E-state index contributed by atoms with van der Waals surface area (Å²) in [6.07, 6.45) is 0.959. The second kappa shape index (κ2) is 5.43. The lowest BCUT2D eigenvalue weighted by atomic mass is 10.1. The first kappa shape index (κ1) is 12.4. The normalized spacial score (nSPS) is 21.5. The van der Waals surface area contributed by atoms with Gasteiger partial charge in [-0.05, 0) is 25.4 Å². The fourth-order valence-electron chi connectivity index (χ4n) is 1.40. The fourth-order valence-corrected chi connectivity index (χ4v) is 2.42. The summed E-state index contributed by atoms with van der Waals surface area (Å²) in [5, 5.41) is 3.13. The third-order valence-corrected chi connectivity index (χ3v) is 3.51. The van der Waals surface area contributed by atoms with Gasteiger partial charge >= 0.3 is 5.97 Å². The van der Waals surface area contributed by atoms with E-state index in [4.69, 9.17) is 0 Å².